The molecule has 4 rings (SSSR count). The number of hydrogen-bond acceptors (Lipinski definition) is 11. The molecule has 2 saturated heterocycles. The van der Waals surface area contributed by atoms with Crippen molar-refractivity contribution >= 4 is 53.8 Å². The number of fused-ring (bicyclic) bond motifs is 5. The molecule has 1 aromatic rings. The van der Waals surface area contributed by atoms with E-state index in [2.05, 4.69) is 17.9 Å². The fraction of sp³-hybridized carbons (Fsp3) is 0.611. The van der Waals surface area contributed by atoms with Crippen LogP contribution in [0, 0.1) is 11.8 Å². The summed E-state index contributed by atoms with van der Waals surface area (Å²) in [4.78, 5) is 55.4. The zero-order valence-corrected chi connectivity index (χ0v) is 31.9. The first-order valence-corrected chi connectivity index (χ1v) is 17.6. The van der Waals surface area contributed by atoms with Crippen LogP contribution in [0.1, 0.15) is 66.9 Å². The summed E-state index contributed by atoms with van der Waals surface area (Å²) in [5, 5.41) is 34.7. The quantitative estimate of drug-likeness (QED) is 0.157. The van der Waals surface area contributed by atoms with Gasteiger partial charge in [-0.1, -0.05) is 55.8 Å². The lowest BCUT2D eigenvalue weighted by Crippen LogP contribution is -2.62. The minimum absolute atomic E-state index is 0.0937. The Kier molecular flexibility index (Phi) is 13.6. The zero-order valence-electron chi connectivity index (χ0n) is 31.2. The van der Waals surface area contributed by atoms with E-state index in [9.17, 15) is 34.5 Å². The Morgan fingerprint density at radius 3 is 2.63 bits per heavy atom. The van der Waals surface area contributed by atoms with E-state index >= 15 is 0 Å². The summed E-state index contributed by atoms with van der Waals surface area (Å²) in [5.41, 5.74) is -0.716. The number of nitrogens with zero attached hydrogens (tertiary/aromatic N) is 2. The van der Waals surface area contributed by atoms with Crippen molar-refractivity contribution in [2.75, 3.05) is 31.4 Å². The van der Waals surface area contributed by atoms with Crippen LogP contribution in [0.15, 0.2) is 35.9 Å². The molecular weight excluding hydrogens is 702 g/mol. The third-order valence-corrected chi connectivity index (χ3v) is 10.7. The number of halogens is 1. The molecule has 0 saturated carbocycles. The monoisotopic (exact) mass is 754 g/mol. The van der Waals surface area contributed by atoms with Gasteiger partial charge in [-0.05, 0) is 50.1 Å². The summed E-state index contributed by atoms with van der Waals surface area (Å²) in [6.45, 7) is 5.99. The smallest absolute Gasteiger partial charge is 0.409 e. The maximum Gasteiger partial charge on any atom is 0.409 e. The number of carbonyl (C=O) groups excluding carboxylic acids is 4. The van der Waals surface area contributed by atoms with Crippen LogP contribution < -0.4 is 10.2 Å². The summed E-state index contributed by atoms with van der Waals surface area (Å²) >= 11 is 10.8. The molecule has 0 spiro atoms. The first-order valence-electron chi connectivity index (χ1n) is 17.6. The lowest BCUT2D eigenvalue weighted by Gasteiger charge is -2.42. The molecule has 1 aromatic carbocycles. The number of anilines is 1. The minimum atomic E-state index is -1.86. The van der Waals surface area contributed by atoms with Gasteiger partial charge in [-0.25, -0.2) is 9.59 Å². The van der Waals surface area contributed by atoms with Crippen molar-refractivity contribution in [1.82, 2.24) is 10.2 Å². The van der Waals surface area contributed by atoms with Crippen LogP contribution in [0.3, 0.4) is 0 Å². The molecule has 0 aliphatic carbocycles. The van der Waals surface area contributed by atoms with Gasteiger partial charge in [0.2, 0.25) is 11.8 Å². The van der Waals surface area contributed by atoms with E-state index in [0.29, 0.717) is 23.4 Å². The first-order chi connectivity index (χ1) is 24.5. The number of likely N-dealkylation sites (N-methyl/N-ethyl adjacent to an activating group) is 1. The van der Waals surface area contributed by atoms with Gasteiger partial charge in [0.05, 0.1) is 36.4 Å². The summed E-state index contributed by atoms with van der Waals surface area (Å²) in [6, 6.07) is 2.49. The van der Waals surface area contributed by atoms with Crippen molar-refractivity contribution < 1.29 is 50.1 Å². The fourth-order valence-corrected chi connectivity index (χ4v) is 7.07. The van der Waals surface area contributed by atoms with Gasteiger partial charge in [0, 0.05) is 40.1 Å². The number of nitrogens with one attached hydrogen (secondary N) is 1. The Morgan fingerprint density at radius 1 is 1.31 bits per heavy atom. The topological polar surface area (TPSA) is 178 Å². The van der Waals surface area contributed by atoms with Gasteiger partial charge in [0.15, 0.2) is 5.72 Å². The number of thiol groups is 1. The molecule has 8 atom stereocenters. The van der Waals surface area contributed by atoms with E-state index in [0.717, 1.165) is 11.1 Å². The number of epoxide rings is 1. The SMILES string of the molecule is C/C1=C\C=C\[C@@H](CO)[C@@]2(O)C[C@H](OC(=O)N2)[C@@H](C)C2O[C@@]2(C)[C@@H](OC(=O)[C@H](C)N(C)C(=O)CCS)CC(=O)N(C)c2cc(cc(CO)c2Cl)C1.[2H]C. The molecule has 0 radical (unpaired) electrons. The molecule has 2 fully saturated rings. The number of amides is 3. The van der Waals surface area contributed by atoms with Crippen LogP contribution in [0.5, 0.6) is 0 Å². The molecule has 13 nitrogen and oxygen atoms in total. The number of aliphatic hydroxyl groups is 3. The van der Waals surface area contributed by atoms with Crippen LogP contribution in [0.4, 0.5) is 10.5 Å². The molecule has 3 heterocycles. The highest BCUT2D eigenvalue weighted by molar-refractivity contribution is 7.80. The molecule has 3 amide bonds. The molecule has 15 heteroatoms. The van der Waals surface area contributed by atoms with Crippen molar-refractivity contribution in [3.05, 3.63) is 52.1 Å². The van der Waals surface area contributed by atoms with Crippen LogP contribution in [0.25, 0.3) is 0 Å². The number of benzene rings is 1. The van der Waals surface area contributed by atoms with E-state index in [4.69, 9.17) is 27.2 Å². The minimum Gasteiger partial charge on any atom is -0.457 e. The number of hydrogen-bond donors (Lipinski definition) is 5. The van der Waals surface area contributed by atoms with Gasteiger partial charge in [0.1, 0.15) is 23.9 Å². The van der Waals surface area contributed by atoms with E-state index in [1.165, 1.54) is 38.2 Å². The molecule has 3 aliphatic rings. The van der Waals surface area contributed by atoms with Crippen molar-refractivity contribution in [3.8, 4) is 0 Å². The van der Waals surface area contributed by atoms with Crippen LogP contribution in [0.2, 0.25) is 5.02 Å². The molecule has 284 valence electrons. The van der Waals surface area contributed by atoms with E-state index in [1.807, 2.05) is 6.92 Å². The van der Waals surface area contributed by atoms with Crippen molar-refractivity contribution in [3.63, 3.8) is 0 Å². The maximum absolute atomic E-state index is 14.0. The van der Waals surface area contributed by atoms with Crippen molar-refractivity contribution in [2.24, 2.45) is 11.8 Å². The molecule has 1 unspecified atom stereocenters. The Hall–Kier alpha value is -3.14. The Balaban J connectivity index is 0.00000358. The second-order valence-electron chi connectivity index (χ2n) is 13.6. The number of carbonyl (C=O) groups is 4. The number of alkyl carbamates (subject to hydrolysis) is 1. The maximum atomic E-state index is 14.0. The Bertz CT molecular complexity index is 1550. The average molecular weight is 755 g/mol. The molecule has 4 N–H and O–H groups in total. The largest absolute Gasteiger partial charge is 0.457 e. The highest BCUT2D eigenvalue weighted by Gasteiger charge is 2.64. The summed E-state index contributed by atoms with van der Waals surface area (Å²) in [5.74, 6) is -2.70. The van der Waals surface area contributed by atoms with Gasteiger partial charge in [-0.2, -0.15) is 12.6 Å². The number of allylic oxidation sites excluding steroid dienone is 3. The second-order valence-corrected chi connectivity index (χ2v) is 14.5. The molecular formula is C36H52ClN3O10S. The highest BCUT2D eigenvalue weighted by atomic mass is 35.5. The number of rotatable bonds is 7. The highest BCUT2D eigenvalue weighted by Crippen LogP contribution is 2.49. The van der Waals surface area contributed by atoms with Crippen molar-refractivity contribution in [2.45, 2.75) is 103 Å². The standard InChI is InChI=1S/C35H48ClN3O10S.CH4/c1-19-8-7-9-24(18-41)35(46)16-26(47-33(45)37-35)20(2)31-34(4,49-31)27(48-32(44)21(3)38(5)28(42)10-11-50)15-29(43)39(6)25-14-22(12-19)13-23(17-40)30(25)36;/h7-9,13-14,20-21,24,26-27,31,40-41,46,50H,10-12,15-18H2,1-6H3,(H,37,45);1H4/b9-7+,19-8+;/t20-,21+,24+,26+,27+,31?,34+,35+;/m1./s1/i;1D. The molecule has 4 bridgehead atoms. The van der Waals surface area contributed by atoms with E-state index < -0.39 is 72.1 Å². The summed E-state index contributed by atoms with van der Waals surface area (Å²) < 4.78 is 23.5. The van der Waals surface area contributed by atoms with Gasteiger partial charge < -0.3 is 39.3 Å². The summed E-state index contributed by atoms with van der Waals surface area (Å²) in [6.07, 6.45) is 1.58. The summed E-state index contributed by atoms with van der Waals surface area (Å²) in [7, 11) is 4.27. The average Bonchev–Trinajstić information content (AvgIpc) is 3.81. The van der Waals surface area contributed by atoms with Crippen LogP contribution >= 0.6 is 24.2 Å². The number of esters is 1. The number of aliphatic hydroxyl groups excluding tert-OH is 2. The predicted octanol–water partition coefficient (Wildman–Crippen LogP) is 3.55. The number of ether oxygens (including phenoxy) is 3. The lowest BCUT2D eigenvalue weighted by atomic mass is 9.81. The zero-order chi connectivity index (χ0) is 39.1. The Morgan fingerprint density at radius 2 is 2.00 bits per heavy atom. The van der Waals surface area contributed by atoms with Crippen LogP contribution in [-0.2, 0) is 41.6 Å². The van der Waals surface area contributed by atoms with Gasteiger partial charge >= 0.3 is 12.1 Å². The molecule has 0 aromatic heterocycles. The molecule has 51 heavy (non-hydrogen) atoms. The lowest BCUT2D eigenvalue weighted by molar-refractivity contribution is -0.161. The Labute approximate surface area is 311 Å². The second kappa shape index (κ2) is 17.1. The van der Waals surface area contributed by atoms with E-state index in [-0.39, 0.29) is 36.8 Å². The van der Waals surface area contributed by atoms with Gasteiger partial charge in [-0.3, -0.25) is 14.9 Å². The fourth-order valence-electron chi connectivity index (χ4n) is 6.58. The van der Waals surface area contributed by atoms with E-state index in [1.54, 1.807) is 44.2 Å². The first kappa shape index (κ1) is 40.6. The van der Waals surface area contributed by atoms with Gasteiger partial charge in [-0.15, -0.1) is 0 Å². The predicted molar refractivity (Wildman–Crippen MR) is 195 cm³/mol. The normalized spacial score (nSPS) is 31.9. The van der Waals surface area contributed by atoms with Crippen molar-refractivity contribution in [1.29, 1.82) is 0 Å². The van der Waals surface area contributed by atoms with Crippen LogP contribution in [-0.4, -0.2) is 106 Å². The molecule has 3 aliphatic heterocycles. The van der Waals surface area contributed by atoms with Gasteiger partial charge in [0.25, 0.3) is 0 Å². The third kappa shape index (κ3) is 9.27. The third-order valence-electron chi connectivity index (χ3n) is 10.1.